The molecule has 3 atom stereocenters. The van der Waals surface area contributed by atoms with E-state index >= 15 is 0 Å². The van der Waals surface area contributed by atoms with Crippen molar-refractivity contribution in [2.45, 2.75) is 37.7 Å². The number of furan rings is 1. The number of hydrogen-bond donors (Lipinski definition) is 1. The van der Waals surface area contributed by atoms with Crippen LogP contribution in [0.4, 0.5) is 13.2 Å². The van der Waals surface area contributed by atoms with Gasteiger partial charge in [-0.15, -0.1) is 6.58 Å². The van der Waals surface area contributed by atoms with Crippen molar-refractivity contribution in [2.24, 2.45) is 5.92 Å². The smallest absolute Gasteiger partial charge is 0.475 e. The van der Waals surface area contributed by atoms with E-state index in [0.29, 0.717) is 24.7 Å². The monoisotopic (exact) mass is 391 g/mol. The molecule has 6 nitrogen and oxygen atoms in total. The molecule has 1 saturated heterocycles. The summed E-state index contributed by atoms with van der Waals surface area (Å²) in [5, 5.41) is 7.12. The molecule has 2 aliphatic rings. The van der Waals surface area contributed by atoms with Crippen LogP contribution in [0.2, 0.25) is 0 Å². The molecule has 1 aliphatic heterocycles. The number of fused-ring (bicyclic) bond motifs is 1. The molecule has 1 aromatic rings. The van der Waals surface area contributed by atoms with E-state index in [-0.39, 0.29) is 0 Å². The van der Waals surface area contributed by atoms with Gasteiger partial charge in [-0.05, 0) is 25.0 Å². The lowest BCUT2D eigenvalue weighted by molar-refractivity contribution is -0.192. The van der Waals surface area contributed by atoms with Gasteiger partial charge in [0, 0.05) is 18.5 Å². The minimum Gasteiger partial charge on any atom is -0.475 e. The standard InChI is InChI=1S/C16H23NO3.C2HF3O2/c1-2-8-18-12-13-5-6-15-16(13)20-10-7-17(15)11-14-4-3-9-19-14;3-2(4,5)1(6)7/h2-4,9,13,15-16H,1,5-8,10-12H2;(H,6,7). The molecule has 1 aromatic heterocycles. The first-order valence-corrected chi connectivity index (χ1v) is 8.69. The minimum absolute atomic E-state index is 0.309. The van der Waals surface area contributed by atoms with Crippen LogP contribution in [-0.4, -0.2) is 60.7 Å². The second-order valence-corrected chi connectivity index (χ2v) is 6.42. The zero-order chi connectivity index (χ0) is 19.9. The maximum Gasteiger partial charge on any atom is 0.490 e. The van der Waals surface area contributed by atoms with Gasteiger partial charge in [0.2, 0.25) is 0 Å². The van der Waals surface area contributed by atoms with E-state index in [9.17, 15) is 13.2 Å². The number of rotatable bonds is 6. The summed E-state index contributed by atoms with van der Waals surface area (Å²) < 4.78 is 48.8. The van der Waals surface area contributed by atoms with Crippen LogP contribution in [0.3, 0.4) is 0 Å². The Morgan fingerprint density at radius 3 is 2.78 bits per heavy atom. The van der Waals surface area contributed by atoms with Gasteiger partial charge in [-0.2, -0.15) is 13.2 Å². The number of aliphatic carboxylic acids is 1. The fraction of sp³-hybridized carbons (Fsp3) is 0.611. The highest BCUT2D eigenvalue weighted by molar-refractivity contribution is 5.73. The second-order valence-electron chi connectivity index (χ2n) is 6.42. The van der Waals surface area contributed by atoms with E-state index in [1.54, 1.807) is 12.3 Å². The van der Waals surface area contributed by atoms with E-state index in [1.165, 1.54) is 12.8 Å². The quantitative estimate of drug-likeness (QED) is 0.594. The maximum absolute atomic E-state index is 10.6. The highest BCUT2D eigenvalue weighted by atomic mass is 19.4. The Morgan fingerprint density at radius 1 is 1.44 bits per heavy atom. The van der Waals surface area contributed by atoms with Crippen LogP contribution in [0.25, 0.3) is 0 Å². The third-order valence-electron chi connectivity index (χ3n) is 4.58. The number of halogens is 3. The number of nitrogens with zero attached hydrogens (tertiary/aromatic N) is 1. The Bertz CT molecular complexity index is 590. The molecule has 2 heterocycles. The van der Waals surface area contributed by atoms with Crippen molar-refractivity contribution in [3.05, 3.63) is 36.8 Å². The molecule has 0 radical (unpaired) electrons. The fourth-order valence-electron chi connectivity index (χ4n) is 3.42. The first-order chi connectivity index (χ1) is 12.8. The van der Waals surface area contributed by atoms with Crippen LogP contribution >= 0.6 is 0 Å². The molecular formula is C18H24F3NO5. The molecule has 3 unspecified atom stereocenters. The molecular weight excluding hydrogens is 367 g/mol. The van der Waals surface area contributed by atoms with Crippen LogP contribution in [-0.2, 0) is 20.8 Å². The van der Waals surface area contributed by atoms with Gasteiger partial charge in [0.05, 0.1) is 38.7 Å². The van der Waals surface area contributed by atoms with Gasteiger partial charge >= 0.3 is 12.1 Å². The lowest BCUT2D eigenvalue weighted by atomic mass is 10.0. The Kier molecular flexibility index (Phi) is 7.88. The van der Waals surface area contributed by atoms with E-state index in [1.807, 2.05) is 12.1 Å². The summed E-state index contributed by atoms with van der Waals surface area (Å²) in [4.78, 5) is 11.4. The summed E-state index contributed by atoms with van der Waals surface area (Å²) in [6.07, 6.45) is 1.14. The van der Waals surface area contributed by atoms with Gasteiger partial charge in [-0.3, -0.25) is 4.90 Å². The third-order valence-corrected chi connectivity index (χ3v) is 4.58. The topological polar surface area (TPSA) is 72.1 Å². The average Bonchev–Trinajstić information content (AvgIpc) is 3.25. The van der Waals surface area contributed by atoms with Crippen molar-refractivity contribution in [3.8, 4) is 0 Å². The molecule has 2 fully saturated rings. The number of ether oxygens (including phenoxy) is 2. The Labute approximate surface area is 155 Å². The largest absolute Gasteiger partial charge is 0.490 e. The Morgan fingerprint density at radius 2 is 2.19 bits per heavy atom. The van der Waals surface area contributed by atoms with Gasteiger partial charge in [0.15, 0.2) is 0 Å². The maximum atomic E-state index is 10.6. The summed E-state index contributed by atoms with van der Waals surface area (Å²) in [5.74, 6) is -1.20. The van der Waals surface area contributed by atoms with Crippen molar-refractivity contribution in [3.63, 3.8) is 0 Å². The predicted octanol–water partition coefficient (Wildman–Crippen LogP) is 3.09. The molecule has 9 heteroatoms. The Hall–Kier alpha value is -1.84. The summed E-state index contributed by atoms with van der Waals surface area (Å²) in [7, 11) is 0. The number of carboxylic acid groups (broad SMARTS) is 1. The predicted molar refractivity (Wildman–Crippen MR) is 90.1 cm³/mol. The Balaban J connectivity index is 0.000000321. The normalized spacial score (nSPS) is 25.4. The van der Waals surface area contributed by atoms with Crippen molar-refractivity contribution in [1.82, 2.24) is 4.90 Å². The molecule has 1 saturated carbocycles. The number of carboxylic acids is 1. The van der Waals surface area contributed by atoms with Gasteiger partial charge in [-0.1, -0.05) is 6.08 Å². The third kappa shape index (κ3) is 6.37. The second kappa shape index (κ2) is 9.91. The van der Waals surface area contributed by atoms with Gasteiger partial charge in [0.1, 0.15) is 5.76 Å². The molecule has 0 amide bonds. The molecule has 1 N–H and O–H groups in total. The number of alkyl halides is 3. The summed E-state index contributed by atoms with van der Waals surface area (Å²) in [6, 6.07) is 4.50. The lowest BCUT2D eigenvalue weighted by Gasteiger charge is -2.38. The van der Waals surface area contributed by atoms with Gasteiger partial charge < -0.3 is 19.0 Å². The van der Waals surface area contributed by atoms with Crippen molar-refractivity contribution in [1.29, 1.82) is 0 Å². The minimum atomic E-state index is -5.08. The number of hydrogen-bond acceptors (Lipinski definition) is 5. The number of morpholine rings is 1. The zero-order valence-corrected chi connectivity index (χ0v) is 14.9. The molecule has 1 aliphatic carbocycles. The average molecular weight is 391 g/mol. The SMILES string of the molecule is C=CCOCC1CCC2C1OCCN2Cc1ccco1.O=C(O)C(F)(F)F. The summed E-state index contributed by atoms with van der Waals surface area (Å²) >= 11 is 0. The molecule has 27 heavy (non-hydrogen) atoms. The van der Waals surface area contributed by atoms with E-state index in [0.717, 1.165) is 32.1 Å². The van der Waals surface area contributed by atoms with Crippen LogP contribution < -0.4 is 0 Å². The molecule has 0 bridgehead atoms. The molecule has 0 spiro atoms. The van der Waals surface area contributed by atoms with E-state index < -0.39 is 12.1 Å². The summed E-state index contributed by atoms with van der Waals surface area (Å²) in [6.45, 7) is 7.77. The number of carbonyl (C=O) groups is 1. The lowest BCUT2D eigenvalue weighted by Crippen LogP contribution is -2.50. The molecule has 152 valence electrons. The zero-order valence-electron chi connectivity index (χ0n) is 14.9. The van der Waals surface area contributed by atoms with Crippen LogP contribution in [0.5, 0.6) is 0 Å². The fourth-order valence-corrected chi connectivity index (χ4v) is 3.42. The van der Waals surface area contributed by atoms with E-state index in [2.05, 4.69) is 11.5 Å². The van der Waals surface area contributed by atoms with Crippen molar-refractivity contribution in [2.75, 3.05) is 26.4 Å². The van der Waals surface area contributed by atoms with E-state index in [4.69, 9.17) is 23.8 Å². The highest BCUT2D eigenvalue weighted by Crippen LogP contribution is 2.35. The van der Waals surface area contributed by atoms with Crippen LogP contribution in [0, 0.1) is 5.92 Å². The highest BCUT2D eigenvalue weighted by Gasteiger charge is 2.42. The molecule has 0 aromatic carbocycles. The van der Waals surface area contributed by atoms with Gasteiger partial charge in [0.25, 0.3) is 0 Å². The first kappa shape index (κ1) is 21.5. The summed E-state index contributed by atoms with van der Waals surface area (Å²) in [5.41, 5.74) is 0. The van der Waals surface area contributed by atoms with Crippen molar-refractivity contribution < 1.29 is 37.0 Å². The van der Waals surface area contributed by atoms with Crippen molar-refractivity contribution >= 4 is 5.97 Å². The van der Waals surface area contributed by atoms with Crippen LogP contribution in [0.15, 0.2) is 35.5 Å². The molecule has 3 rings (SSSR count). The van der Waals surface area contributed by atoms with Gasteiger partial charge in [-0.25, -0.2) is 4.79 Å². The van der Waals surface area contributed by atoms with Crippen LogP contribution in [0.1, 0.15) is 18.6 Å². The first-order valence-electron chi connectivity index (χ1n) is 8.69.